The van der Waals surface area contributed by atoms with Gasteiger partial charge in [-0.15, -0.1) is 0 Å². The maximum atomic E-state index is 8.44. The maximum Gasteiger partial charge on any atom is 2.00 e. The maximum absolute atomic E-state index is 8.44. The van der Waals surface area contributed by atoms with Gasteiger partial charge in [0.05, 0.1) is 0 Å². The standard InChI is InChI=1S/CH2O3.Ca.Na.2H2O/c2-1(3)4;;;;/h(H2,2,3,4);;;2*1H2/q;+2;+1;;/p-3. The van der Waals surface area contributed by atoms with Gasteiger partial charge in [-0.25, -0.2) is 0 Å². The third-order valence-corrected chi connectivity index (χ3v) is 0. The largest absolute Gasteiger partial charge is 2.00 e. The first-order chi connectivity index (χ1) is 1.73. The predicted molar refractivity (Wildman–Crippen MR) is 17.7 cm³/mol. The van der Waals surface area contributed by atoms with Crippen molar-refractivity contribution in [2.24, 2.45) is 0 Å². The molecule has 0 heterocycles. The van der Waals surface area contributed by atoms with E-state index in [1.54, 1.807) is 0 Å². The van der Waals surface area contributed by atoms with Crippen LogP contribution >= 0.6 is 0 Å². The Morgan fingerprint density at radius 3 is 1.38 bits per heavy atom. The van der Waals surface area contributed by atoms with E-state index in [0.717, 1.165) is 0 Å². The zero-order chi connectivity index (χ0) is 3.58. The summed E-state index contributed by atoms with van der Waals surface area (Å²) in [6.45, 7) is 0. The van der Waals surface area contributed by atoms with Crippen molar-refractivity contribution in [3.63, 3.8) is 0 Å². The van der Waals surface area contributed by atoms with E-state index in [1.807, 2.05) is 0 Å². The number of hydrogen-bond donors (Lipinski definition) is 1. The third kappa shape index (κ3) is 147. The van der Waals surface area contributed by atoms with E-state index in [2.05, 4.69) is 0 Å². The SMILES string of the molecule is O=C([O-])O.[Ca+2].[Na+].[OH-].[OH-]. The zero-order valence-electron chi connectivity index (χ0n) is 4.37. The van der Waals surface area contributed by atoms with Crippen LogP contribution in [0.4, 0.5) is 4.79 Å². The molecule has 0 aromatic heterocycles. The van der Waals surface area contributed by atoms with E-state index in [0.29, 0.717) is 0 Å². The van der Waals surface area contributed by atoms with E-state index in [-0.39, 0.29) is 78.2 Å². The van der Waals surface area contributed by atoms with Crippen LogP contribution in [0.2, 0.25) is 0 Å². The van der Waals surface area contributed by atoms with Crippen molar-refractivity contribution in [1.82, 2.24) is 0 Å². The molecule has 0 amide bonds. The van der Waals surface area contributed by atoms with Crippen LogP contribution in [0.15, 0.2) is 0 Å². The Bertz CT molecular complexity index is 35.4. The normalized spacial score (nSPS) is 3.00. The Morgan fingerprint density at radius 2 is 1.38 bits per heavy atom. The Morgan fingerprint density at radius 1 is 1.38 bits per heavy atom. The van der Waals surface area contributed by atoms with E-state index >= 15 is 0 Å². The molecule has 0 atom stereocenters. The molecule has 0 radical (unpaired) electrons. The molecule has 0 aromatic rings. The number of carbonyl (C=O) groups is 1. The molecule has 0 aliphatic heterocycles. The number of hydrogen-bond acceptors (Lipinski definition) is 4. The Labute approximate surface area is 98.0 Å². The van der Waals surface area contributed by atoms with Gasteiger partial charge in [0.25, 0.3) is 0 Å². The van der Waals surface area contributed by atoms with Crippen molar-refractivity contribution >= 4 is 43.9 Å². The van der Waals surface area contributed by atoms with Gasteiger partial charge in [0.2, 0.25) is 6.16 Å². The van der Waals surface area contributed by atoms with Gasteiger partial charge in [-0.2, -0.15) is 0 Å². The second kappa shape index (κ2) is 23.7. The van der Waals surface area contributed by atoms with Gasteiger partial charge in [0.15, 0.2) is 0 Å². The quantitative estimate of drug-likeness (QED) is 0.354. The van der Waals surface area contributed by atoms with E-state index < -0.39 is 6.16 Å². The molecule has 0 aromatic carbocycles. The van der Waals surface area contributed by atoms with Crippen LogP contribution in [0.3, 0.4) is 0 Å². The minimum Gasteiger partial charge on any atom is -0.870 e. The van der Waals surface area contributed by atoms with Crippen molar-refractivity contribution in [1.29, 1.82) is 0 Å². The summed E-state index contributed by atoms with van der Waals surface area (Å²) in [6.07, 6.45) is -2.08. The fourth-order valence-electron chi connectivity index (χ4n) is 0. The van der Waals surface area contributed by atoms with Gasteiger partial charge >= 0.3 is 67.3 Å². The summed E-state index contributed by atoms with van der Waals surface area (Å²) in [5.74, 6) is 0. The molecule has 0 bridgehead atoms. The molecule has 40 valence electrons. The Hall–Kier alpha value is 1.45. The van der Waals surface area contributed by atoms with Crippen LogP contribution in [0.25, 0.3) is 0 Å². The van der Waals surface area contributed by atoms with Crippen LogP contribution in [0, 0.1) is 0 Å². The molecular weight excluding hydrogens is 155 g/mol. The average molecular weight is 158 g/mol. The molecular formula is CH3CaNaO5. The zero-order valence-corrected chi connectivity index (χ0v) is 8.57. The van der Waals surface area contributed by atoms with Crippen molar-refractivity contribution in [2.75, 3.05) is 0 Å². The molecule has 0 aliphatic rings. The molecule has 0 aliphatic carbocycles. The number of carboxylic acid groups (broad SMARTS) is 2. The molecule has 8 heavy (non-hydrogen) atoms. The monoisotopic (exact) mass is 158 g/mol. The topological polar surface area (TPSA) is 120 Å². The summed E-state index contributed by atoms with van der Waals surface area (Å²) in [5, 5.41) is 15.3. The van der Waals surface area contributed by atoms with Crippen LogP contribution in [-0.2, 0) is 0 Å². The van der Waals surface area contributed by atoms with Crippen LogP contribution < -0.4 is 34.7 Å². The molecule has 5 nitrogen and oxygen atoms in total. The summed E-state index contributed by atoms with van der Waals surface area (Å²) in [6, 6.07) is 0. The summed E-state index contributed by atoms with van der Waals surface area (Å²) < 4.78 is 0. The van der Waals surface area contributed by atoms with Crippen LogP contribution in [-0.4, -0.2) is 60.0 Å². The number of rotatable bonds is 0. The van der Waals surface area contributed by atoms with Gasteiger partial charge in [0.1, 0.15) is 0 Å². The molecule has 0 fully saturated rings. The van der Waals surface area contributed by atoms with Gasteiger partial charge < -0.3 is 26.0 Å². The van der Waals surface area contributed by atoms with Gasteiger partial charge in [-0.3, -0.25) is 0 Å². The summed E-state index contributed by atoms with van der Waals surface area (Å²) in [7, 11) is 0. The predicted octanol–water partition coefficient (Wildman–Crippen LogP) is -4.84. The fraction of sp³-hybridized carbons (Fsp3) is 0. The second-order valence-electron chi connectivity index (χ2n) is 0.266. The van der Waals surface area contributed by atoms with Gasteiger partial charge in [-0.1, -0.05) is 0 Å². The van der Waals surface area contributed by atoms with E-state index in [4.69, 9.17) is 15.0 Å². The fourth-order valence-corrected chi connectivity index (χ4v) is 0. The van der Waals surface area contributed by atoms with Crippen molar-refractivity contribution in [3.8, 4) is 0 Å². The minimum atomic E-state index is -2.08. The average Bonchev–Trinajstić information content (AvgIpc) is 0.811. The summed E-state index contributed by atoms with van der Waals surface area (Å²) in [4.78, 5) is 8.44. The van der Waals surface area contributed by atoms with Crippen molar-refractivity contribution < 1.29 is 55.5 Å². The minimum absolute atomic E-state index is 0. The first kappa shape index (κ1) is 34.1. The molecule has 0 saturated heterocycles. The van der Waals surface area contributed by atoms with Crippen LogP contribution in [0.5, 0.6) is 0 Å². The van der Waals surface area contributed by atoms with Crippen molar-refractivity contribution in [2.45, 2.75) is 0 Å². The van der Waals surface area contributed by atoms with Gasteiger partial charge in [0, 0.05) is 0 Å². The van der Waals surface area contributed by atoms with E-state index in [1.165, 1.54) is 0 Å². The second-order valence-corrected chi connectivity index (χ2v) is 0.266. The summed E-state index contributed by atoms with van der Waals surface area (Å²) in [5.41, 5.74) is 0. The Kier molecular flexibility index (Phi) is 101. The third-order valence-electron chi connectivity index (χ3n) is 0. The smallest absolute Gasteiger partial charge is 0.870 e. The molecule has 3 N–H and O–H groups in total. The van der Waals surface area contributed by atoms with Crippen molar-refractivity contribution in [3.05, 3.63) is 0 Å². The molecule has 0 unspecified atom stereocenters. The van der Waals surface area contributed by atoms with E-state index in [9.17, 15) is 0 Å². The summed E-state index contributed by atoms with van der Waals surface area (Å²) >= 11 is 0. The van der Waals surface area contributed by atoms with Gasteiger partial charge in [-0.05, 0) is 0 Å². The molecule has 7 heteroatoms. The Balaban J connectivity index is -0.00000000750. The first-order valence-electron chi connectivity index (χ1n) is 0.632. The molecule has 0 spiro atoms. The molecule has 0 rings (SSSR count). The molecule has 0 saturated carbocycles. The first-order valence-corrected chi connectivity index (χ1v) is 0.632. The van der Waals surface area contributed by atoms with Crippen LogP contribution in [0.1, 0.15) is 0 Å².